The van der Waals surface area contributed by atoms with Crippen LogP contribution in [0, 0.1) is 13.8 Å². The largest absolute Gasteiger partial charge is 0.320 e. The molecule has 2 N–H and O–H groups in total. The fraction of sp³-hybridized carbons (Fsp3) is 0.167. The summed E-state index contributed by atoms with van der Waals surface area (Å²) in [5, 5.41) is 2.29. The Morgan fingerprint density at radius 1 is 1.10 bits per heavy atom. The molecule has 21 heavy (non-hydrogen) atoms. The number of pyridine rings is 1. The number of aryl methyl sites for hydroxylation is 2. The molecular formula is C18H17BrN2. The minimum Gasteiger partial charge on any atom is -0.320 e. The zero-order valence-electron chi connectivity index (χ0n) is 12.1. The molecule has 0 spiro atoms. The fourth-order valence-electron chi connectivity index (χ4n) is 2.75. The number of benzene rings is 2. The Hall–Kier alpha value is -1.71. The van der Waals surface area contributed by atoms with Crippen LogP contribution in [0.2, 0.25) is 0 Å². The maximum absolute atomic E-state index is 6.53. The third-order valence-electron chi connectivity index (χ3n) is 3.87. The maximum atomic E-state index is 6.53. The molecule has 0 aliphatic heterocycles. The topological polar surface area (TPSA) is 38.9 Å². The number of nitrogens with zero attached hydrogens (tertiary/aromatic N) is 1. The van der Waals surface area contributed by atoms with E-state index in [9.17, 15) is 0 Å². The number of nitrogens with two attached hydrogens (primary N) is 1. The summed E-state index contributed by atoms with van der Waals surface area (Å²) < 4.78 is 1.15. The van der Waals surface area contributed by atoms with E-state index in [0.717, 1.165) is 21.0 Å². The van der Waals surface area contributed by atoms with Crippen LogP contribution in [0.15, 0.2) is 53.3 Å². The number of aromatic nitrogens is 1. The van der Waals surface area contributed by atoms with Gasteiger partial charge in [-0.1, -0.05) is 46.3 Å². The summed E-state index contributed by atoms with van der Waals surface area (Å²) in [6.45, 7) is 4.19. The lowest BCUT2D eigenvalue weighted by Gasteiger charge is -2.17. The third-order valence-corrected chi connectivity index (χ3v) is 5.12. The molecule has 1 aromatic heterocycles. The molecule has 1 unspecified atom stereocenters. The monoisotopic (exact) mass is 340 g/mol. The fourth-order valence-corrected chi connectivity index (χ4v) is 2.98. The van der Waals surface area contributed by atoms with Gasteiger partial charge < -0.3 is 5.73 Å². The van der Waals surface area contributed by atoms with Crippen molar-refractivity contribution in [1.29, 1.82) is 0 Å². The van der Waals surface area contributed by atoms with Gasteiger partial charge >= 0.3 is 0 Å². The Bertz CT molecular complexity index is 783. The number of hydrogen-bond acceptors (Lipinski definition) is 2. The lowest BCUT2D eigenvalue weighted by atomic mass is 9.93. The third kappa shape index (κ3) is 2.59. The van der Waals surface area contributed by atoms with E-state index in [1.807, 2.05) is 18.5 Å². The highest BCUT2D eigenvalue weighted by atomic mass is 79.9. The molecule has 1 heterocycles. The lowest BCUT2D eigenvalue weighted by molar-refractivity contribution is 0.875. The van der Waals surface area contributed by atoms with Crippen molar-refractivity contribution in [2.24, 2.45) is 5.73 Å². The van der Waals surface area contributed by atoms with Crippen molar-refractivity contribution in [3.8, 4) is 0 Å². The van der Waals surface area contributed by atoms with Crippen molar-refractivity contribution in [1.82, 2.24) is 4.98 Å². The average molecular weight is 341 g/mol. The van der Waals surface area contributed by atoms with Crippen molar-refractivity contribution >= 4 is 26.7 Å². The van der Waals surface area contributed by atoms with E-state index < -0.39 is 0 Å². The van der Waals surface area contributed by atoms with E-state index in [1.54, 1.807) is 0 Å². The number of halogens is 1. The van der Waals surface area contributed by atoms with Gasteiger partial charge in [0.1, 0.15) is 0 Å². The van der Waals surface area contributed by atoms with Crippen LogP contribution in [0.1, 0.15) is 28.3 Å². The first kappa shape index (κ1) is 14.2. The second-order valence-electron chi connectivity index (χ2n) is 5.39. The van der Waals surface area contributed by atoms with E-state index in [4.69, 9.17) is 5.73 Å². The van der Waals surface area contributed by atoms with Crippen molar-refractivity contribution in [2.75, 3.05) is 0 Å². The molecule has 0 fully saturated rings. The molecule has 3 aromatic rings. The standard InChI is InChI=1S/C18H17BrN2/c1-11-8-14(9-12(2)17(11)19)18(20)15-5-3-4-13-6-7-21-10-16(13)15/h3-10,18H,20H2,1-2H3. The van der Waals surface area contributed by atoms with Crippen LogP contribution in [0.25, 0.3) is 10.8 Å². The molecule has 0 aliphatic rings. The van der Waals surface area contributed by atoms with Crippen molar-refractivity contribution in [3.63, 3.8) is 0 Å². The summed E-state index contributed by atoms with van der Waals surface area (Å²) in [6, 6.07) is 12.4. The molecule has 0 radical (unpaired) electrons. The smallest absolute Gasteiger partial charge is 0.0558 e. The molecule has 106 valence electrons. The van der Waals surface area contributed by atoms with Crippen LogP contribution < -0.4 is 5.73 Å². The summed E-state index contributed by atoms with van der Waals surface area (Å²) in [4.78, 5) is 4.24. The number of rotatable bonds is 2. The summed E-state index contributed by atoms with van der Waals surface area (Å²) in [5.41, 5.74) is 11.2. The quantitative estimate of drug-likeness (QED) is 0.736. The first-order valence-corrected chi connectivity index (χ1v) is 7.72. The minimum atomic E-state index is -0.150. The van der Waals surface area contributed by atoms with Crippen molar-refractivity contribution in [3.05, 3.63) is 75.5 Å². The van der Waals surface area contributed by atoms with E-state index in [1.165, 1.54) is 16.5 Å². The van der Waals surface area contributed by atoms with Gasteiger partial charge in [0, 0.05) is 22.3 Å². The van der Waals surface area contributed by atoms with Crippen LogP contribution >= 0.6 is 15.9 Å². The summed E-state index contributed by atoms with van der Waals surface area (Å²) in [5.74, 6) is 0. The Labute approximate surface area is 133 Å². The van der Waals surface area contributed by atoms with E-state index in [2.05, 4.69) is 65.1 Å². The molecular weight excluding hydrogens is 324 g/mol. The summed E-state index contributed by atoms with van der Waals surface area (Å²) in [7, 11) is 0. The van der Waals surface area contributed by atoms with Crippen molar-refractivity contribution in [2.45, 2.75) is 19.9 Å². The van der Waals surface area contributed by atoms with Gasteiger partial charge in [0.15, 0.2) is 0 Å². The highest BCUT2D eigenvalue weighted by Gasteiger charge is 2.14. The van der Waals surface area contributed by atoms with Crippen LogP contribution in [0.3, 0.4) is 0 Å². The lowest BCUT2D eigenvalue weighted by Crippen LogP contribution is -2.13. The zero-order valence-corrected chi connectivity index (χ0v) is 13.7. The normalized spacial score (nSPS) is 12.6. The van der Waals surface area contributed by atoms with Gasteiger partial charge in [-0.2, -0.15) is 0 Å². The first-order valence-electron chi connectivity index (χ1n) is 6.93. The summed E-state index contributed by atoms with van der Waals surface area (Å²) >= 11 is 3.61. The molecule has 2 nitrogen and oxygen atoms in total. The van der Waals surface area contributed by atoms with Gasteiger partial charge in [-0.3, -0.25) is 4.98 Å². The van der Waals surface area contributed by atoms with Crippen LogP contribution in [0.5, 0.6) is 0 Å². The predicted molar refractivity (Wildman–Crippen MR) is 91.4 cm³/mol. The average Bonchev–Trinajstić information content (AvgIpc) is 2.51. The van der Waals surface area contributed by atoms with Crippen LogP contribution in [-0.4, -0.2) is 4.98 Å². The molecule has 0 saturated carbocycles. The molecule has 3 heteroatoms. The Morgan fingerprint density at radius 3 is 2.52 bits per heavy atom. The van der Waals surface area contributed by atoms with Crippen LogP contribution in [-0.2, 0) is 0 Å². The van der Waals surface area contributed by atoms with Crippen LogP contribution in [0.4, 0.5) is 0 Å². The molecule has 3 rings (SSSR count). The molecule has 0 amide bonds. The van der Waals surface area contributed by atoms with Gasteiger partial charge in [0.05, 0.1) is 6.04 Å². The summed E-state index contributed by atoms with van der Waals surface area (Å²) in [6.07, 6.45) is 3.70. The minimum absolute atomic E-state index is 0.150. The van der Waals surface area contributed by atoms with Gasteiger partial charge in [0.2, 0.25) is 0 Å². The Kier molecular flexibility index (Phi) is 3.79. The molecule has 0 bridgehead atoms. The van der Waals surface area contributed by atoms with E-state index in [0.29, 0.717) is 0 Å². The highest BCUT2D eigenvalue weighted by molar-refractivity contribution is 9.10. The van der Waals surface area contributed by atoms with E-state index in [-0.39, 0.29) is 6.04 Å². The number of fused-ring (bicyclic) bond motifs is 1. The molecule has 0 saturated heterocycles. The van der Waals surface area contributed by atoms with Gasteiger partial charge in [-0.15, -0.1) is 0 Å². The molecule has 1 atom stereocenters. The van der Waals surface area contributed by atoms with Gasteiger partial charge in [-0.05, 0) is 47.6 Å². The van der Waals surface area contributed by atoms with E-state index >= 15 is 0 Å². The second kappa shape index (κ2) is 5.58. The zero-order chi connectivity index (χ0) is 15.0. The second-order valence-corrected chi connectivity index (χ2v) is 6.18. The van der Waals surface area contributed by atoms with Crippen molar-refractivity contribution < 1.29 is 0 Å². The van der Waals surface area contributed by atoms with Gasteiger partial charge in [0.25, 0.3) is 0 Å². The Morgan fingerprint density at radius 2 is 1.81 bits per heavy atom. The number of hydrogen-bond donors (Lipinski definition) is 1. The maximum Gasteiger partial charge on any atom is 0.0558 e. The Balaban J connectivity index is 2.15. The predicted octanol–water partition coefficient (Wildman–Crippen LogP) is 4.66. The molecule has 0 aliphatic carbocycles. The first-order chi connectivity index (χ1) is 10.1. The molecule has 2 aromatic carbocycles. The van der Waals surface area contributed by atoms with Gasteiger partial charge in [-0.25, -0.2) is 0 Å². The highest BCUT2D eigenvalue weighted by Crippen LogP contribution is 2.30. The SMILES string of the molecule is Cc1cc(C(N)c2cccc3ccncc23)cc(C)c1Br.